The van der Waals surface area contributed by atoms with Crippen LogP contribution in [0.2, 0.25) is 0 Å². The fourth-order valence-corrected chi connectivity index (χ4v) is 1.27. The number of esters is 2. The fraction of sp³-hybridized carbons (Fsp3) is 0.833. The molecule has 0 aliphatic heterocycles. The van der Waals surface area contributed by atoms with Crippen LogP contribution in [-0.2, 0) is 14.3 Å². The summed E-state index contributed by atoms with van der Waals surface area (Å²) in [6.07, 6.45) is 6.53. The molecule has 0 atom stereocenters. The highest BCUT2D eigenvalue weighted by Crippen LogP contribution is 2.04. The summed E-state index contributed by atoms with van der Waals surface area (Å²) in [7, 11) is 0. The zero-order valence-electron chi connectivity index (χ0n) is 10.3. The third kappa shape index (κ3) is 11.1. The minimum Gasteiger partial charge on any atom is -0.393 e. The molecule has 0 bridgehead atoms. The average molecular weight is 234 g/mol. The fourth-order valence-electron chi connectivity index (χ4n) is 1.27. The van der Waals surface area contributed by atoms with Gasteiger partial charge in [0.1, 0.15) is 0 Å². The summed E-state index contributed by atoms with van der Waals surface area (Å²) in [6, 6.07) is 0. The van der Waals surface area contributed by atoms with Gasteiger partial charge in [-0.2, -0.15) is 0 Å². The van der Waals surface area contributed by atoms with Gasteiger partial charge >= 0.3 is 11.9 Å². The third-order valence-electron chi connectivity index (χ3n) is 2.20. The van der Waals surface area contributed by atoms with Gasteiger partial charge in [0, 0.05) is 12.8 Å². The molecule has 96 valence electrons. The maximum atomic E-state index is 11.1. The minimum atomic E-state index is -0.370. The topological polar surface area (TPSA) is 43.4 Å². The lowest BCUT2D eigenvalue weighted by atomic mass is 10.2. The van der Waals surface area contributed by atoms with Crippen LogP contribution in [0.1, 0.15) is 65.2 Å². The van der Waals surface area contributed by atoms with E-state index in [1.54, 1.807) is 0 Å². The standard InChI is InChI=1S/C12H22O3.FH/c1-3-5-7-9-11(13)15-12(14)10-8-6-4-2;/h3-10H2,1-2H3;1H. The molecule has 0 saturated heterocycles. The molecule has 0 rings (SSSR count). The quantitative estimate of drug-likeness (QED) is 0.367. The highest BCUT2D eigenvalue weighted by Gasteiger charge is 2.09. The van der Waals surface area contributed by atoms with Crippen molar-refractivity contribution in [2.75, 3.05) is 0 Å². The first-order valence-electron chi connectivity index (χ1n) is 5.94. The van der Waals surface area contributed by atoms with Gasteiger partial charge in [-0.1, -0.05) is 39.5 Å². The van der Waals surface area contributed by atoms with Crippen molar-refractivity contribution in [3.8, 4) is 0 Å². The molecular formula is C12H23FO3. The predicted octanol–water partition coefficient (Wildman–Crippen LogP) is 3.37. The largest absolute Gasteiger partial charge is 0.393 e. The summed E-state index contributed by atoms with van der Waals surface area (Å²) in [4.78, 5) is 22.2. The molecule has 0 aliphatic carbocycles. The summed E-state index contributed by atoms with van der Waals surface area (Å²) in [5, 5.41) is 0. The van der Waals surface area contributed by atoms with Crippen molar-refractivity contribution >= 4 is 11.9 Å². The lowest BCUT2D eigenvalue weighted by Gasteiger charge is -2.02. The zero-order chi connectivity index (χ0) is 11.5. The molecule has 0 amide bonds. The van der Waals surface area contributed by atoms with E-state index in [0.717, 1.165) is 38.5 Å². The molecule has 0 heterocycles. The first-order valence-corrected chi connectivity index (χ1v) is 5.94. The Morgan fingerprint density at radius 2 is 1.19 bits per heavy atom. The summed E-state index contributed by atoms with van der Waals surface area (Å²) in [5.41, 5.74) is 0. The minimum absolute atomic E-state index is 0. The van der Waals surface area contributed by atoms with Crippen LogP contribution in [0.25, 0.3) is 0 Å². The van der Waals surface area contributed by atoms with Crippen LogP contribution < -0.4 is 0 Å². The van der Waals surface area contributed by atoms with Crippen LogP contribution >= 0.6 is 0 Å². The number of carbonyl (C=O) groups excluding carboxylic acids is 2. The van der Waals surface area contributed by atoms with E-state index in [1.165, 1.54) is 0 Å². The monoisotopic (exact) mass is 234 g/mol. The Bertz CT molecular complexity index is 173. The van der Waals surface area contributed by atoms with Gasteiger partial charge in [-0.15, -0.1) is 0 Å². The van der Waals surface area contributed by atoms with Gasteiger partial charge < -0.3 is 4.74 Å². The van der Waals surface area contributed by atoms with Crippen molar-refractivity contribution in [1.82, 2.24) is 0 Å². The van der Waals surface area contributed by atoms with Crippen LogP contribution in [0.3, 0.4) is 0 Å². The van der Waals surface area contributed by atoms with E-state index in [-0.39, 0.29) is 16.6 Å². The van der Waals surface area contributed by atoms with Crippen molar-refractivity contribution in [3.05, 3.63) is 0 Å². The first kappa shape index (κ1) is 17.5. The van der Waals surface area contributed by atoms with E-state index in [1.807, 2.05) is 0 Å². The number of hydrogen-bond acceptors (Lipinski definition) is 3. The summed E-state index contributed by atoms with van der Waals surface area (Å²) >= 11 is 0. The van der Waals surface area contributed by atoms with Crippen LogP contribution in [-0.4, -0.2) is 11.9 Å². The molecule has 0 fully saturated rings. The maximum Gasteiger partial charge on any atom is 0.313 e. The lowest BCUT2D eigenvalue weighted by Crippen LogP contribution is -2.11. The van der Waals surface area contributed by atoms with Crippen molar-refractivity contribution in [1.29, 1.82) is 0 Å². The number of ether oxygens (including phenoxy) is 1. The number of carbonyl (C=O) groups is 2. The second-order valence-corrected chi connectivity index (χ2v) is 3.76. The molecule has 0 aromatic carbocycles. The van der Waals surface area contributed by atoms with Gasteiger partial charge in [0.2, 0.25) is 0 Å². The molecule has 0 unspecified atom stereocenters. The van der Waals surface area contributed by atoms with Crippen molar-refractivity contribution in [2.45, 2.75) is 65.2 Å². The van der Waals surface area contributed by atoms with Gasteiger partial charge in [0.15, 0.2) is 0 Å². The van der Waals surface area contributed by atoms with Crippen molar-refractivity contribution < 1.29 is 19.0 Å². The Balaban J connectivity index is 0. The molecule has 0 radical (unpaired) electrons. The number of unbranched alkanes of at least 4 members (excludes halogenated alkanes) is 4. The van der Waals surface area contributed by atoms with Crippen molar-refractivity contribution in [3.63, 3.8) is 0 Å². The maximum absolute atomic E-state index is 11.1. The Kier molecular flexibility index (Phi) is 13.3. The van der Waals surface area contributed by atoms with Gasteiger partial charge in [0.25, 0.3) is 0 Å². The molecule has 16 heavy (non-hydrogen) atoms. The van der Waals surface area contributed by atoms with E-state index in [9.17, 15) is 9.59 Å². The van der Waals surface area contributed by atoms with Gasteiger partial charge in [0.05, 0.1) is 0 Å². The van der Waals surface area contributed by atoms with Crippen molar-refractivity contribution in [2.24, 2.45) is 0 Å². The third-order valence-corrected chi connectivity index (χ3v) is 2.20. The molecule has 0 aromatic rings. The molecular weight excluding hydrogens is 211 g/mol. The van der Waals surface area contributed by atoms with Gasteiger partial charge in [-0.25, -0.2) is 0 Å². The highest BCUT2D eigenvalue weighted by molar-refractivity contribution is 5.85. The Morgan fingerprint density at radius 1 is 0.812 bits per heavy atom. The van der Waals surface area contributed by atoms with E-state index >= 15 is 0 Å². The lowest BCUT2D eigenvalue weighted by molar-refractivity contribution is -0.159. The number of rotatable bonds is 8. The second kappa shape index (κ2) is 12.1. The van der Waals surface area contributed by atoms with Crippen LogP contribution in [0, 0.1) is 0 Å². The van der Waals surface area contributed by atoms with Crippen LogP contribution in [0.4, 0.5) is 4.70 Å². The molecule has 0 aromatic heterocycles. The highest BCUT2D eigenvalue weighted by atomic mass is 19.0. The van der Waals surface area contributed by atoms with Gasteiger partial charge in [-0.3, -0.25) is 14.3 Å². The van der Waals surface area contributed by atoms with E-state index < -0.39 is 0 Å². The molecule has 0 saturated carbocycles. The second-order valence-electron chi connectivity index (χ2n) is 3.76. The normalized spacial score (nSPS) is 9.38. The Labute approximate surface area is 96.9 Å². The molecule has 3 nitrogen and oxygen atoms in total. The molecule has 0 N–H and O–H groups in total. The molecule has 4 heteroatoms. The SMILES string of the molecule is CCCCCC(=O)OC(=O)CCCCC.F. The number of hydrogen-bond donors (Lipinski definition) is 0. The van der Waals surface area contributed by atoms with Crippen LogP contribution in [0.5, 0.6) is 0 Å². The molecule has 0 aliphatic rings. The smallest absolute Gasteiger partial charge is 0.313 e. The Hall–Kier alpha value is -0.930. The molecule has 0 spiro atoms. The summed E-state index contributed by atoms with van der Waals surface area (Å²) in [6.45, 7) is 4.14. The summed E-state index contributed by atoms with van der Waals surface area (Å²) < 4.78 is 4.67. The summed E-state index contributed by atoms with van der Waals surface area (Å²) in [5.74, 6) is -0.741. The van der Waals surface area contributed by atoms with E-state index in [4.69, 9.17) is 0 Å². The van der Waals surface area contributed by atoms with Gasteiger partial charge in [-0.05, 0) is 12.8 Å². The average Bonchev–Trinajstić information content (AvgIpc) is 2.18. The van der Waals surface area contributed by atoms with E-state index in [0.29, 0.717) is 12.8 Å². The van der Waals surface area contributed by atoms with E-state index in [2.05, 4.69) is 18.6 Å². The van der Waals surface area contributed by atoms with Crippen LogP contribution in [0.15, 0.2) is 0 Å². The number of halogens is 1. The predicted molar refractivity (Wildman–Crippen MR) is 61.9 cm³/mol. The zero-order valence-corrected chi connectivity index (χ0v) is 10.3. The first-order chi connectivity index (χ1) is 7.20. The Morgan fingerprint density at radius 3 is 1.50 bits per heavy atom.